The summed E-state index contributed by atoms with van der Waals surface area (Å²) in [7, 11) is 1.58. The lowest BCUT2D eigenvalue weighted by Gasteiger charge is -2.18. The summed E-state index contributed by atoms with van der Waals surface area (Å²) in [4.78, 5) is 24.6. The van der Waals surface area contributed by atoms with Crippen LogP contribution < -0.4 is 4.74 Å². The van der Waals surface area contributed by atoms with Crippen LogP contribution >= 0.6 is 11.8 Å². The average Bonchev–Trinajstić information content (AvgIpc) is 2.69. The van der Waals surface area contributed by atoms with Gasteiger partial charge in [0.15, 0.2) is 0 Å². The number of amides is 1. The highest BCUT2D eigenvalue weighted by Crippen LogP contribution is 2.30. The topological polar surface area (TPSA) is 66.8 Å². The van der Waals surface area contributed by atoms with Crippen molar-refractivity contribution < 1.29 is 19.4 Å². The first-order chi connectivity index (χ1) is 9.61. The lowest BCUT2D eigenvalue weighted by atomic mass is 10.2. The van der Waals surface area contributed by atoms with Gasteiger partial charge in [-0.3, -0.25) is 4.79 Å². The van der Waals surface area contributed by atoms with E-state index in [9.17, 15) is 9.59 Å². The van der Waals surface area contributed by atoms with Crippen molar-refractivity contribution in [3.63, 3.8) is 0 Å². The van der Waals surface area contributed by atoms with Gasteiger partial charge in [0.2, 0.25) is 0 Å². The van der Waals surface area contributed by atoms with Crippen LogP contribution in [-0.2, 0) is 16.1 Å². The molecule has 0 fully saturated rings. The highest BCUT2D eigenvalue weighted by Gasteiger charge is 2.24. The molecule has 110 valence electrons. The van der Waals surface area contributed by atoms with Gasteiger partial charge in [0.1, 0.15) is 5.75 Å². The first-order valence-corrected chi connectivity index (χ1v) is 7.42. The number of carbonyl (C=O) groups is 2. The molecule has 0 aliphatic carbocycles. The number of carboxylic acids is 1. The van der Waals surface area contributed by atoms with Crippen LogP contribution in [0.3, 0.4) is 0 Å². The van der Waals surface area contributed by atoms with Crippen molar-refractivity contribution in [3.05, 3.63) is 23.8 Å². The van der Waals surface area contributed by atoms with E-state index in [1.54, 1.807) is 18.9 Å². The molecule has 0 spiro atoms. The Labute approximate surface area is 122 Å². The molecule has 6 heteroatoms. The molecule has 1 aliphatic heterocycles. The Morgan fingerprint density at radius 2 is 2.05 bits per heavy atom. The van der Waals surface area contributed by atoms with Crippen molar-refractivity contribution in [2.24, 2.45) is 0 Å². The van der Waals surface area contributed by atoms with Crippen LogP contribution in [0.4, 0.5) is 0 Å². The number of rotatable bonds is 1. The Kier molecular flexibility index (Phi) is 6.38. The summed E-state index contributed by atoms with van der Waals surface area (Å²) in [5.41, 5.74) is 0.923. The molecule has 1 heterocycles. The highest BCUT2D eigenvalue weighted by atomic mass is 32.2. The summed E-state index contributed by atoms with van der Waals surface area (Å²) in [6.07, 6.45) is 0. The molecule has 0 aromatic heterocycles. The van der Waals surface area contributed by atoms with E-state index in [0.717, 1.165) is 10.5 Å². The second kappa shape index (κ2) is 7.79. The van der Waals surface area contributed by atoms with Crippen LogP contribution in [0.5, 0.6) is 5.75 Å². The zero-order valence-electron chi connectivity index (χ0n) is 11.9. The van der Waals surface area contributed by atoms with Crippen LogP contribution in [-0.4, -0.2) is 41.3 Å². The molecule has 1 aromatic rings. The summed E-state index contributed by atoms with van der Waals surface area (Å²) < 4.78 is 5.14. The van der Waals surface area contributed by atoms with Crippen LogP contribution in [0.25, 0.3) is 0 Å². The van der Waals surface area contributed by atoms with E-state index in [1.807, 2.05) is 32.0 Å². The summed E-state index contributed by atoms with van der Waals surface area (Å²) in [6, 6.07) is 5.64. The van der Waals surface area contributed by atoms with Crippen LogP contribution in [0, 0.1) is 0 Å². The fourth-order valence-corrected chi connectivity index (χ4v) is 2.81. The van der Waals surface area contributed by atoms with Crippen LogP contribution in [0.15, 0.2) is 23.1 Å². The Hall–Kier alpha value is -1.69. The number of fused-ring (bicyclic) bond motifs is 1. The summed E-state index contributed by atoms with van der Waals surface area (Å²) in [5.74, 6) is -0.866. The summed E-state index contributed by atoms with van der Waals surface area (Å²) >= 11 is 1.62. The van der Waals surface area contributed by atoms with Crippen LogP contribution in [0.1, 0.15) is 19.4 Å². The number of ether oxygens (including phenoxy) is 1. The van der Waals surface area contributed by atoms with Gasteiger partial charge in [-0.15, -0.1) is 11.8 Å². The van der Waals surface area contributed by atoms with Gasteiger partial charge in [-0.2, -0.15) is 0 Å². The van der Waals surface area contributed by atoms with Crippen molar-refractivity contribution in [3.8, 4) is 5.75 Å². The second-order valence-electron chi connectivity index (χ2n) is 3.85. The third-order valence-electron chi connectivity index (χ3n) is 2.72. The van der Waals surface area contributed by atoms with Crippen molar-refractivity contribution in [1.29, 1.82) is 0 Å². The summed E-state index contributed by atoms with van der Waals surface area (Å²) in [6.45, 7) is 4.75. The molecule has 1 amide bonds. The van der Waals surface area contributed by atoms with Crippen molar-refractivity contribution in [1.82, 2.24) is 4.90 Å². The van der Waals surface area contributed by atoms with Gasteiger partial charge in [0, 0.05) is 23.7 Å². The highest BCUT2D eigenvalue weighted by molar-refractivity contribution is 7.99. The first-order valence-electron chi connectivity index (χ1n) is 6.43. The van der Waals surface area contributed by atoms with E-state index in [1.165, 1.54) is 4.90 Å². The van der Waals surface area contributed by atoms with E-state index in [2.05, 4.69) is 0 Å². The average molecular weight is 297 g/mol. The van der Waals surface area contributed by atoms with Gasteiger partial charge in [-0.1, -0.05) is 13.8 Å². The molecule has 20 heavy (non-hydrogen) atoms. The van der Waals surface area contributed by atoms with E-state index in [-0.39, 0.29) is 0 Å². The minimum atomic E-state index is -1.41. The Morgan fingerprint density at radius 1 is 1.35 bits per heavy atom. The number of carbonyl (C=O) groups excluding carboxylic acids is 1. The minimum absolute atomic E-state index is 0.310. The zero-order valence-corrected chi connectivity index (χ0v) is 12.7. The van der Waals surface area contributed by atoms with Gasteiger partial charge in [0.05, 0.1) is 7.11 Å². The SMILES string of the molecule is CC.COc1ccc2c(c1)CN(C(=O)C(=O)O)CCS2. The fraction of sp³-hybridized carbons (Fsp3) is 0.429. The van der Waals surface area contributed by atoms with Crippen LogP contribution in [0.2, 0.25) is 0 Å². The van der Waals surface area contributed by atoms with Gasteiger partial charge in [-0.25, -0.2) is 4.79 Å². The van der Waals surface area contributed by atoms with E-state index in [0.29, 0.717) is 24.6 Å². The normalized spacial score (nSPS) is 13.4. The smallest absolute Gasteiger partial charge is 0.394 e. The Balaban J connectivity index is 0.000000956. The predicted molar refractivity (Wildman–Crippen MR) is 78.1 cm³/mol. The van der Waals surface area contributed by atoms with Gasteiger partial charge in [-0.05, 0) is 23.8 Å². The number of benzene rings is 1. The van der Waals surface area contributed by atoms with Crippen molar-refractivity contribution >= 4 is 23.6 Å². The fourth-order valence-electron chi connectivity index (χ4n) is 1.81. The molecule has 1 N–H and O–H groups in total. The Morgan fingerprint density at radius 3 is 2.65 bits per heavy atom. The maximum atomic E-state index is 11.5. The molecular formula is C14H19NO4S. The molecule has 1 aliphatic rings. The Bertz CT molecular complexity index is 490. The van der Waals surface area contributed by atoms with E-state index < -0.39 is 11.9 Å². The predicted octanol–water partition coefficient (Wildman–Crippen LogP) is 2.24. The van der Waals surface area contributed by atoms with Gasteiger partial charge >= 0.3 is 11.9 Å². The van der Waals surface area contributed by atoms with Crippen molar-refractivity contribution in [2.45, 2.75) is 25.3 Å². The molecular weight excluding hydrogens is 278 g/mol. The first kappa shape index (κ1) is 16.4. The lowest BCUT2D eigenvalue weighted by Crippen LogP contribution is -2.36. The monoisotopic (exact) mass is 297 g/mol. The largest absolute Gasteiger partial charge is 0.497 e. The molecule has 0 saturated carbocycles. The number of hydrogen-bond acceptors (Lipinski definition) is 4. The van der Waals surface area contributed by atoms with E-state index in [4.69, 9.17) is 9.84 Å². The molecule has 0 saturated heterocycles. The molecule has 0 unspecified atom stereocenters. The number of aliphatic carboxylic acids is 1. The number of carboxylic acid groups (broad SMARTS) is 1. The van der Waals surface area contributed by atoms with Gasteiger partial charge in [0.25, 0.3) is 0 Å². The molecule has 0 bridgehead atoms. The minimum Gasteiger partial charge on any atom is -0.497 e. The standard InChI is InChI=1S/C12H13NO4S.C2H6/c1-17-9-2-3-10-8(6-9)7-13(4-5-18-10)11(14)12(15)16;1-2/h2-3,6H,4-5,7H2,1H3,(H,15,16);1-2H3. The summed E-state index contributed by atoms with van der Waals surface area (Å²) in [5, 5.41) is 8.75. The number of hydrogen-bond donors (Lipinski definition) is 1. The quantitative estimate of drug-likeness (QED) is 0.805. The van der Waals surface area contributed by atoms with E-state index >= 15 is 0 Å². The number of nitrogens with zero attached hydrogens (tertiary/aromatic N) is 1. The maximum Gasteiger partial charge on any atom is 0.394 e. The second-order valence-corrected chi connectivity index (χ2v) is 4.99. The molecule has 0 radical (unpaired) electrons. The van der Waals surface area contributed by atoms with Crippen molar-refractivity contribution in [2.75, 3.05) is 19.4 Å². The molecule has 5 nitrogen and oxygen atoms in total. The van der Waals surface area contributed by atoms with Gasteiger partial charge < -0.3 is 14.7 Å². The number of methoxy groups -OCH3 is 1. The maximum absolute atomic E-state index is 11.5. The molecule has 0 atom stereocenters. The number of thioether (sulfide) groups is 1. The molecule has 1 aromatic carbocycles. The third-order valence-corrected chi connectivity index (χ3v) is 3.81. The zero-order chi connectivity index (χ0) is 15.1. The lowest BCUT2D eigenvalue weighted by molar-refractivity contribution is -0.156. The third kappa shape index (κ3) is 3.90. The molecule has 2 rings (SSSR count).